The Morgan fingerprint density at radius 2 is 1.35 bits per heavy atom. The summed E-state index contributed by atoms with van der Waals surface area (Å²) in [7, 11) is 0. The molecule has 0 aromatic rings. The lowest BCUT2D eigenvalue weighted by molar-refractivity contribution is -0.319. The van der Waals surface area contributed by atoms with Crippen LogP contribution in [0.2, 0.25) is 0 Å². The van der Waals surface area contributed by atoms with Crippen LogP contribution < -0.4 is 0 Å². The fourth-order valence-electron chi connectivity index (χ4n) is 3.91. The van der Waals surface area contributed by atoms with E-state index in [1.807, 2.05) is 0 Å². The summed E-state index contributed by atoms with van der Waals surface area (Å²) in [6.07, 6.45) is -13.5. The normalized spacial score (nSPS) is 49.2. The Labute approximate surface area is 178 Å². The number of rotatable bonds is 7. The minimum absolute atomic E-state index is 0.0364. The molecule has 13 nitrogen and oxygen atoms in total. The fourth-order valence-corrected chi connectivity index (χ4v) is 3.91. The van der Waals surface area contributed by atoms with E-state index in [0.29, 0.717) is 0 Å². The van der Waals surface area contributed by atoms with Gasteiger partial charge in [0, 0.05) is 19.3 Å². The predicted octanol–water partition coefficient (Wildman–Crippen LogP) is -4.49. The Morgan fingerprint density at radius 3 is 2.03 bits per heavy atom. The standard InChI is InChI=1S/C18H32O13/c19-4-11-9(21)3-10(22)17(30-11)29-7-1-8(28-13(23)2-7)6-27-18-16(26)15(25)14(24)12(5-20)31-18/h7-26H,1-6H2/t7-,8-,9-,10-,11+,12+,13-,14+,15-,16-,17-,18-/m0/s1. The largest absolute Gasteiger partial charge is 0.394 e. The van der Waals surface area contributed by atoms with Gasteiger partial charge in [0.05, 0.1) is 38.1 Å². The van der Waals surface area contributed by atoms with Gasteiger partial charge in [-0.2, -0.15) is 0 Å². The van der Waals surface area contributed by atoms with Crippen LogP contribution in [0.3, 0.4) is 0 Å². The summed E-state index contributed by atoms with van der Waals surface area (Å²) >= 11 is 0. The minimum Gasteiger partial charge on any atom is -0.394 e. The molecule has 3 rings (SSSR count). The molecule has 13 heteroatoms. The third kappa shape index (κ3) is 6.09. The number of hydrogen-bond donors (Lipinski definition) is 8. The van der Waals surface area contributed by atoms with E-state index in [0.717, 1.165) is 0 Å². The molecular formula is C18H32O13. The van der Waals surface area contributed by atoms with Crippen molar-refractivity contribution in [3.8, 4) is 0 Å². The van der Waals surface area contributed by atoms with E-state index >= 15 is 0 Å². The third-order valence-electron chi connectivity index (χ3n) is 5.68. The van der Waals surface area contributed by atoms with E-state index in [1.54, 1.807) is 0 Å². The highest BCUT2D eigenvalue weighted by atomic mass is 16.7. The average molecular weight is 456 g/mol. The maximum absolute atomic E-state index is 10.1. The van der Waals surface area contributed by atoms with Gasteiger partial charge in [0.2, 0.25) is 0 Å². The second-order valence-corrected chi connectivity index (χ2v) is 8.07. The molecule has 3 saturated heterocycles. The van der Waals surface area contributed by atoms with E-state index in [1.165, 1.54) is 0 Å². The molecule has 0 aliphatic carbocycles. The van der Waals surface area contributed by atoms with E-state index in [-0.39, 0.29) is 25.9 Å². The zero-order valence-corrected chi connectivity index (χ0v) is 16.8. The summed E-state index contributed by atoms with van der Waals surface area (Å²) in [5.41, 5.74) is 0. The summed E-state index contributed by atoms with van der Waals surface area (Å²) in [6.45, 7) is -1.21. The van der Waals surface area contributed by atoms with Crippen molar-refractivity contribution in [1.82, 2.24) is 0 Å². The van der Waals surface area contributed by atoms with Gasteiger partial charge >= 0.3 is 0 Å². The van der Waals surface area contributed by atoms with Gasteiger partial charge in [0.1, 0.15) is 36.6 Å². The van der Waals surface area contributed by atoms with Crippen molar-refractivity contribution >= 4 is 0 Å². The van der Waals surface area contributed by atoms with Gasteiger partial charge in [-0.25, -0.2) is 0 Å². The van der Waals surface area contributed by atoms with Crippen molar-refractivity contribution in [1.29, 1.82) is 0 Å². The zero-order valence-electron chi connectivity index (χ0n) is 16.8. The molecule has 8 N–H and O–H groups in total. The topological polar surface area (TPSA) is 208 Å². The Bertz CT molecular complexity index is 551. The summed E-state index contributed by atoms with van der Waals surface area (Å²) in [4.78, 5) is 0. The second kappa shape index (κ2) is 11.1. The highest BCUT2D eigenvalue weighted by molar-refractivity contribution is 4.89. The number of aliphatic hydroxyl groups excluding tert-OH is 8. The average Bonchev–Trinajstić information content (AvgIpc) is 2.73. The van der Waals surface area contributed by atoms with Gasteiger partial charge in [-0.15, -0.1) is 0 Å². The first-order valence-electron chi connectivity index (χ1n) is 10.3. The number of hydrogen-bond acceptors (Lipinski definition) is 13. The number of aliphatic hydroxyl groups is 8. The van der Waals surface area contributed by atoms with Crippen LogP contribution in [0.4, 0.5) is 0 Å². The Hall–Kier alpha value is -0.520. The second-order valence-electron chi connectivity index (χ2n) is 8.07. The Balaban J connectivity index is 1.52. The van der Waals surface area contributed by atoms with Crippen LogP contribution >= 0.6 is 0 Å². The summed E-state index contributed by atoms with van der Waals surface area (Å²) in [5, 5.41) is 78.0. The molecule has 0 bridgehead atoms. The number of ether oxygens (including phenoxy) is 5. The first kappa shape index (κ1) is 25.1. The molecule has 0 spiro atoms. The molecular weight excluding hydrogens is 424 g/mol. The first-order chi connectivity index (χ1) is 14.7. The van der Waals surface area contributed by atoms with Crippen LogP contribution in [0.25, 0.3) is 0 Å². The van der Waals surface area contributed by atoms with Crippen molar-refractivity contribution < 1.29 is 64.5 Å². The molecule has 12 atom stereocenters. The van der Waals surface area contributed by atoms with E-state index in [9.17, 15) is 40.9 Å². The van der Waals surface area contributed by atoms with Gasteiger partial charge in [-0.3, -0.25) is 0 Å². The van der Waals surface area contributed by atoms with Crippen LogP contribution in [0.15, 0.2) is 0 Å². The molecule has 3 aliphatic heterocycles. The van der Waals surface area contributed by atoms with Crippen molar-refractivity contribution in [2.24, 2.45) is 0 Å². The smallest absolute Gasteiger partial charge is 0.186 e. The Morgan fingerprint density at radius 1 is 0.677 bits per heavy atom. The fraction of sp³-hybridized carbons (Fsp3) is 1.00. The van der Waals surface area contributed by atoms with Gasteiger partial charge in [-0.1, -0.05) is 0 Å². The van der Waals surface area contributed by atoms with Gasteiger partial charge in [0.25, 0.3) is 0 Å². The minimum atomic E-state index is -1.58. The van der Waals surface area contributed by atoms with Crippen molar-refractivity contribution in [3.05, 3.63) is 0 Å². The van der Waals surface area contributed by atoms with Crippen LogP contribution in [0.1, 0.15) is 19.3 Å². The summed E-state index contributed by atoms with van der Waals surface area (Å²) in [6, 6.07) is 0. The lowest BCUT2D eigenvalue weighted by Crippen LogP contribution is -2.59. The quantitative estimate of drug-likeness (QED) is 0.182. The van der Waals surface area contributed by atoms with Gasteiger partial charge < -0.3 is 64.5 Å². The van der Waals surface area contributed by atoms with Gasteiger partial charge in [0.15, 0.2) is 18.9 Å². The van der Waals surface area contributed by atoms with E-state index in [2.05, 4.69) is 0 Å². The van der Waals surface area contributed by atoms with Crippen molar-refractivity contribution in [2.75, 3.05) is 19.8 Å². The first-order valence-corrected chi connectivity index (χ1v) is 10.3. The summed E-state index contributed by atoms with van der Waals surface area (Å²) < 4.78 is 27.2. The molecule has 3 fully saturated rings. The molecule has 0 radical (unpaired) electrons. The molecule has 31 heavy (non-hydrogen) atoms. The van der Waals surface area contributed by atoms with Crippen LogP contribution in [-0.4, -0.2) is 134 Å². The lowest BCUT2D eigenvalue weighted by atomic mass is 9.99. The third-order valence-corrected chi connectivity index (χ3v) is 5.68. The molecule has 0 amide bonds. The van der Waals surface area contributed by atoms with E-state index in [4.69, 9.17) is 23.7 Å². The maximum atomic E-state index is 10.1. The highest BCUT2D eigenvalue weighted by Crippen LogP contribution is 2.28. The van der Waals surface area contributed by atoms with Crippen LogP contribution in [0.5, 0.6) is 0 Å². The maximum Gasteiger partial charge on any atom is 0.186 e. The molecule has 0 saturated carbocycles. The lowest BCUT2D eigenvalue weighted by Gasteiger charge is -2.41. The molecule has 0 aromatic heterocycles. The van der Waals surface area contributed by atoms with Crippen molar-refractivity contribution in [2.45, 2.75) is 93.1 Å². The molecule has 0 unspecified atom stereocenters. The predicted molar refractivity (Wildman–Crippen MR) is 97.1 cm³/mol. The highest BCUT2D eigenvalue weighted by Gasteiger charge is 2.45. The molecule has 3 aliphatic rings. The zero-order chi connectivity index (χ0) is 22.7. The van der Waals surface area contributed by atoms with Crippen LogP contribution in [-0.2, 0) is 23.7 Å². The molecule has 0 aromatic carbocycles. The molecule has 182 valence electrons. The van der Waals surface area contributed by atoms with Crippen molar-refractivity contribution in [3.63, 3.8) is 0 Å². The van der Waals surface area contributed by atoms with Gasteiger partial charge in [-0.05, 0) is 0 Å². The van der Waals surface area contributed by atoms with E-state index < -0.39 is 87.0 Å². The van der Waals surface area contributed by atoms with Crippen LogP contribution in [0, 0.1) is 0 Å². The monoisotopic (exact) mass is 456 g/mol. The Kier molecular flexibility index (Phi) is 8.97. The SMILES string of the molecule is OC[C@H]1O[C@H](OC[C@@H]2C[C@H](O[C@H]3O[C@H](CO)[C@@H](O)C[C@@H]3O)C[C@@H](O)O2)[C@@H](O)[C@@H](O)[C@@H]1O. The summed E-state index contributed by atoms with van der Waals surface area (Å²) in [5.74, 6) is 0. The molecule has 3 heterocycles.